The highest BCUT2D eigenvalue weighted by molar-refractivity contribution is 6.00. The number of halogens is 1. The molecule has 1 aromatic carbocycles. The van der Waals surface area contributed by atoms with E-state index in [0.29, 0.717) is 54.4 Å². The quantitative estimate of drug-likeness (QED) is 0.317. The molecule has 4 bridgehead atoms. The molecule has 3 aromatic heterocycles. The number of rotatable bonds is 3. The van der Waals surface area contributed by atoms with Crippen molar-refractivity contribution in [1.82, 2.24) is 29.3 Å². The molecule has 5 atom stereocenters. The molecule has 2 aliphatic carbocycles. The first-order valence-electron chi connectivity index (χ1n) is 17.1. The number of pyridine rings is 1. The first kappa shape index (κ1) is 30.4. The van der Waals surface area contributed by atoms with Crippen LogP contribution in [0, 0.1) is 11.8 Å². The summed E-state index contributed by atoms with van der Waals surface area (Å²) in [7, 11) is 3.59. The molecule has 0 spiro atoms. The van der Waals surface area contributed by atoms with Crippen molar-refractivity contribution in [2.75, 3.05) is 13.7 Å². The summed E-state index contributed by atoms with van der Waals surface area (Å²) in [5.41, 5.74) is 8.73. The number of carbonyl (C=O) groups excluding carboxylic acids is 2. The van der Waals surface area contributed by atoms with E-state index in [0.717, 1.165) is 66.6 Å². The minimum absolute atomic E-state index is 0.00853. The fourth-order valence-corrected chi connectivity index (χ4v) is 8.52. The van der Waals surface area contributed by atoms with Gasteiger partial charge in [-0.3, -0.25) is 9.59 Å². The SMILES string of the molecule is COc1cc(C(=O)N2C[C@H](N)[C@@H]3CC[C@H]2C3)cc2nc(-c3cc4ccc5nc4n3CCCCC[C@]3(F)C[C@H]3C(=O)NC5(C)C)n(C)c12. The number of nitrogens with two attached hydrogens (primary N) is 1. The van der Waals surface area contributed by atoms with E-state index in [1.165, 1.54) is 0 Å². The maximum Gasteiger partial charge on any atom is 0.254 e. The molecular weight excluding hydrogens is 597 g/mol. The first-order chi connectivity index (χ1) is 22.5. The van der Waals surface area contributed by atoms with Crippen LogP contribution >= 0.6 is 0 Å². The molecule has 0 radical (unpaired) electrons. The van der Waals surface area contributed by atoms with E-state index in [4.69, 9.17) is 20.4 Å². The fraction of sp³-hybridized carbons (Fsp3) is 0.556. The van der Waals surface area contributed by atoms with Crippen molar-refractivity contribution in [3.05, 3.63) is 41.6 Å². The Hall–Kier alpha value is -3.99. The van der Waals surface area contributed by atoms with Gasteiger partial charge in [0.1, 0.15) is 22.6 Å². The third-order valence-corrected chi connectivity index (χ3v) is 11.4. The van der Waals surface area contributed by atoms with Crippen LogP contribution in [-0.2, 0) is 23.9 Å². The second-order valence-electron chi connectivity index (χ2n) is 14.9. The summed E-state index contributed by atoms with van der Waals surface area (Å²) < 4.78 is 25.5. The Labute approximate surface area is 273 Å². The molecule has 4 aliphatic rings. The van der Waals surface area contributed by atoms with Gasteiger partial charge in [-0.05, 0) is 88.6 Å². The number of hydrogen-bond acceptors (Lipinski definition) is 6. The van der Waals surface area contributed by atoms with Crippen molar-refractivity contribution in [2.45, 2.75) is 95.1 Å². The zero-order valence-electron chi connectivity index (χ0n) is 27.7. The second-order valence-corrected chi connectivity index (χ2v) is 14.9. The van der Waals surface area contributed by atoms with Crippen molar-refractivity contribution in [3.63, 3.8) is 0 Å². The van der Waals surface area contributed by atoms with Crippen molar-refractivity contribution < 1.29 is 18.7 Å². The minimum Gasteiger partial charge on any atom is -0.494 e. The molecule has 248 valence electrons. The lowest BCUT2D eigenvalue weighted by Crippen LogP contribution is -2.51. The van der Waals surface area contributed by atoms with Gasteiger partial charge in [0.25, 0.3) is 5.91 Å². The maximum atomic E-state index is 15.4. The number of likely N-dealkylation sites (tertiary alicyclic amines) is 1. The summed E-state index contributed by atoms with van der Waals surface area (Å²) in [4.78, 5) is 39.1. The van der Waals surface area contributed by atoms with Gasteiger partial charge in [0, 0.05) is 43.2 Å². The summed E-state index contributed by atoms with van der Waals surface area (Å²) >= 11 is 0. The molecule has 3 N–H and O–H groups in total. The van der Waals surface area contributed by atoms with Crippen LogP contribution in [-0.4, -0.2) is 67.2 Å². The number of hydrogen-bond donors (Lipinski definition) is 2. The van der Waals surface area contributed by atoms with E-state index in [1.54, 1.807) is 7.11 Å². The van der Waals surface area contributed by atoms with Gasteiger partial charge in [-0.15, -0.1) is 0 Å². The fourth-order valence-electron chi connectivity index (χ4n) is 8.52. The lowest BCUT2D eigenvalue weighted by molar-refractivity contribution is -0.125. The van der Waals surface area contributed by atoms with Crippen LogP contribution in [0.4, 0.5) is 4.39 Å². The predicted molar refractivity (Wildman–Crippen MR) is 178 cm³/mol. The Morgan fingerprint density at radius 1 is 1.13 bits per heavy atom. The summed E-state index contributed by atoms with van der Waals surface area (Å²) in [6, 6.07) is 10.0. The van der Waals surface area contributed by atoms with E-state index < -0.39 is 17.1 Å². The summed E-state index contributed by atoms with van der Waals surface area (Å²) in [5, 5.41) is 4.04. The number of methoxy groups -OCH3 is 1. The largest absolute Gasteiger partial charge is 0.494 e. The molecule has 1 saturated heterocycles. The molecule has 4 aromatic rings. The summed E-state index contributed by atoms with van der Waals surface area (Å²) in [5.74, 6) is 0.977. The summed E-state index contributed by atoms with van der Waals surface area (Å²) in [6.45, 7) is 5.10. The standard InChI is InChI=1S/C36H44FN7O3/c1-35(2)29-11-9-21-16-27(43(31(21)40-29)13-7-5-6-12-36(37)18-24(36)33(45)41-35)32-39-26-15-22(17-28(47-4)30(26)42(32)3)34(46)44-19-25(38)20-8-10-23(44)14-20/h9,11,15-17,20,23-25H,5-8,10,12-14,18-19,38H2,1-4H3,(H,41,45)/t20-,23+,24+,25+,36+/m1/s1. The van der Waals surface area contributed by atoms with E-state index in [-0.39, 0.29) is 23.9 Å². The number of piperidine rings is 1. The molecule has 10 nitrogen and oxygen atoms in total. The number of nitrogens with zero attached hydrogens (tertiary/aromatic N) is 5. The number of aromatic nitrogens is 4. The molecule has 47 heavy (non-hydrogen) atoms. The number of nitrogens with one attached hydrogen (secondary N) is 1. The molecule has 8 rings (SSSR count). The lowest BCUT2D eigenvalue weighted by atomic mass is 9.94. The number of imidazole rings is 1. The Morgan fingerprint density at radius 2 is 1.96 bits per heavy atom. The van der Waals surface area contributed by atoms with Crippen molar-refractivity contribution in [2.24, 2.45) is 24.6 Å². The van der Waals surface area contributed by atoms with Gasteiger partial charge < -0.3 is 29.8 Å². The third-order valence-electron chi connectivity index (χ3n) is 11.4. The van der Waals surface area contributed by atoms with Crippen molar-refractivity contribution in [1.29, 1.82) is 0 Å². The first-order valence-corrected chi connectivity index (χ1v) is 17.1. The Morgan fingerprint density at radius 3 is 2.77 bits per heavy atom. The number of ether oxygens (including phenoxy) is 1. The highest BCUT2D eigenvalue weighted by atomic mass is 19.1. The highest BCUT2D eigenvalue weighted by Gasteiger charge is 2.59. The van der Waals surface area contributed by atoms with Gasteiger partial charge in [0.2, 0.25) is 5.91 Å². The van der Waals surface area contributed by atoms with Crippen LogP contribution in [0.25, 0.3) is 33.6 Å². The third kappa shape index (κ3) is 4.91. The molecular formula is C36H44FN7O3. The lowest BCUT2D eigenvalue weighted by Gasteiger charge is -2.37. The van der Waals surface area contributed by atoms with Crippen LogP contribution in [0.5, 0.6) is 5.75 Å². The molecule has 2 amide bonds. The number of fused-ring (bicyclic) bond motifs is 5. The van der Waals surface area contributed by atoms with Gasteiger partial charge in [-0.2, -0.15) is 0 Å². The summed E-state index contributed by atoms with van der Waals surface area (Å²) in [6.07, 6.45) is 6.14. The molecule has 3 fully saturated rings. The second kappa shape index (κ2) is 10.8. The Kier molecular flexibility index (Phi) is 6.95. The van der Waals surface area contributed by atoms with Crippen LogP contribution in [0.15, 0.2) is 30.3 Å². The van der Waals surface area contributed by atoms with E-state index >= 15 is 4.39 Å². The van der Waals surface area contributed by atoms with E-state index in [2.05, 4.69) is 16.0 Å². The van der Waals surface area contributed by atoms with Crippen molar-refractivity contribution >= 4 is 33.9 Å². The molecule has 2 saturated carbocycles. The van der Waals surface area contributed by atoms with E-state index in [9.17, 15) is 9.59 Å². The topological polar surface area (TPSA) is 120 Å². The van der Waals surface area contributed by atoms with Gasteiger partial charge in [0.05, 0.1) is 35.5 Å². The molecule has 5 heterocycles. The number of aryl methyl sites for hydroxylation is 2. The van der Waals surface area contributed by atoms with Crippen molar-refractivity contribution in [3.8, 4) is 17.3 Å². The smallest absolute Gasteiger partial charge is 0.254 e. The maximum absolute atomic E-state index is 15.4. The van der Waals surface area contributed by atoms with Gasteiger partial charge in [-0.1, -0.05) is 12.8 Å². The zero-order valence-corrected chi connectivity index (χ0v) is 27.7. The Bertz CT molecular complexity index is 1930. The molecule has 2 aliphatic heterocycles. The van der Waals surface area contributed by atoms with Gasteiger partial charge >= 0.3 is 0 Å². The van der Waals surface area contributed by atoms with E-state index in [1.807, 2.05) is 54.6 Å². The zero-order chi connectivity index (χ0) is 32.8. The average Bonchev–Trinajstić information content (AvgIpc) is 3.32. The average molecular weight is 642 g/mol. The van der Waals surface area contributed by atoms with Crippen LogP contribution in [0.1, 0.15) is 81.3 Å². The predicted octanol–water partition coefficient (Wildman–Crippen LogP) is 5.20. The number of amides is 2. The van der Waals surface area contributed by atoms with Crippen LogP contribution in [0.2, 0.25) is 0 Å². The molecule has 11 heteroatoms. The van der Waals surface area contributed by atoms with Gasteiger partial charge in [0.15, 0.2) is 5.82 Å². The number of benzene rings is 1. The number of alkyl halides is 1. The van der Waals surface area contributed by atoms with Gasteiger partial charge in [-0.25, -0.2) is 14.4 Å². The minimum atomic E-state index is -1.41. The highest BCUT2D eigenvalue weighted by Crippen LogP contribution is 2.51. The number of carbonyl (C=O) groups is 2. The Balaban J connectivity index is 1.20. The van der Waals surface area contributed by atoms with Crippen LogP contribution < -0.4 is 15.8 Å². The molecule has 0 unspecified atom stereocenters. The monoisotopic (exact) mass is 641 g/mol. The normalized spacial score (nSPS) is 28.7. The van der Waals surface area contributed by atoms with Crippen LogP contribution in [0.3, 0.4) is 0 Å².